The monoisotopic (exact) mass is 344 g/mol. The van der Waals surface area contributed by atoms with E-state index in [2.05, 4.69) is 15.9 Å². The second-order valence-electron chi connectivity index (χ2n) is 7.55. The summed E-state index contributed by atoms with van der Waals surface area (Å²) in [5.74, 6) is 0.285. The molecule has 1 aliphatic heterocycles. The van der Waals surface area contributed by atoms with Gasteiger partial charge in [-0.05, 0) is 24.5 Å². The maximum Gasteiger partial charge on any atom is 0.236 e. The molecular weight excluding hydrogens is 312 g/mol. The van der Waals surface area contributed by atoms with Crippen LogP contribution in [0.1, 0.15) is 37.7 Å². The number of rotatable bonds is 5. The highest BCUT2D eigenvalue weighted by Gasteiger charge is 2.25. The molecule has 2 N–H and O–H groups in total. The van der Waals surface area contributed by atoms with Gasteiger partial charge in [-0.1, -0.05) is 37.5 Å². The first-order valence-corrected chi connectivity index (χ1v) is 9.67. The number of para-hydroxylation sites is 1. The maximum atomic E-state index is 12.6. The van der Waals surface area contributed by atoms with Crippen LogP contribution in [0, 0.1) is 0 Å². The van der Waals surface area contributed by atoms with Crippen LogP contribution in [0.2, 0.25) is 0 Å². The summed E-state index contributed by atoms with van der Waals surface area (Å²) in [6.45, 7) is 5.36. The molecule has 5 heteroatoms. The summed E-state index contributed by atoms with van der Waals surface area (Å²) in [6, 6.07) is 8.55. The Kier molecular flexibility index (Phi) is 6.32. The van der Waals surface area contributed by atoms with Gasteiger partial charge >= 0.3 is 0 Å². The average Bonchev–Trinajstić information content (AvgIpc) is 2.65. The van der Waals surface area contributed by atoms with Crippen molar-refractivity contribution in [1.82, 2.24) is 14.7 Å². The molecule has 0 spiro atoms. The summed E-state index contributed by atoms with van der Waals surface area (Å²) in [4.78, 5) is 19.3. The molecule has 0 radical (unpaired) electrons. The van der Waals surface area contributed by atoms with E-state index in [-0.39, 0.29) is 5.91 Å². The van der Waals surface area contributed by atoms with Gasteiger partial charge < -0.3 is 10.6 Å². The maximum absolute atomic E-state index is 12.6. The molecule has 1 saturated heterocycles. The molecule has 5 nitrogen and oxygen atoms in total. The number of amides is 1. The lowest BCUT2D eigenvalue weighted by atomic mass is 9.94. The van der Waals surface area contributed by atoms with Crippen molar-refractivity contribution in [3.05, 3.63) is 29.8 Å². The number of nitrogens with zero attached hydrogens (tertiary/aromatic N) is 3. The Labute approximate surface area is 151 Å². The summed E-state index contributed by atoms with van der Waals surface area (Å²) in [6.07, 6.45) is 6.21. The quantitative estimate of drug-likeness (QED) is 0.832. The van der Waals surface area contributed by atoms with Crippen molar-refractivity contribution in [1.29, 1.82) is 0 Å². The predicted molar refractivity (Wildman–Crippen MR) is 102 cm³/mol. The SMILES string of the molecule is CN(C(=O)CN1CCN(Cc2ccccc2N)CC1)C1CCCCC1. The molecular formula is C20H32N4O. The summed E-state index contributed by atoms with van der Waals surface area (Å²) in [7, 11) is 1.99. The first kappa shape index (κ1) is 18.2. The normalized spacial score (nSPS) is 20.5. The van der Waals surface area contributed by atoms with Crippen LogP contribution in [0.15, 0.2) is 24.3 Å². The zero-order valence-corrected chi connectivity index (χ0v) is 15.5. The lowest BCUT2D eigenvalue weighted by molar-refractivity contribution is -0.134. The molecule has 0 aromatic heterocycles. The van der Waals surface area contributed by atoms with Crippen LogP contribution in [0.5, 0.6) is 0 Å². The molecule has 1 heterocycles. The van der Waals surface area contributed by atoms with Gasteiger partial charge in [0.15, 0.2) is 0 Å². The molecule has 138 valence electrons. The van der Waals surface area contributed by atoms with Gasteiger partial charge in [0.2, 0.25) is 5.91 Å². The number of likely N-dealkylation sites (N-methyl/N-ethyl adjacent to an activating group) is 1. The van der Waals surface area contributed by atoms with E-state index < -0.39 is 0 Å². The summed E-state index contributed by atoms with van der Waals surface area (Å²) in [5, 5.41) is 0. The number of carbonyl (C=O) groups is 1. The van der Waals surface area contributed by atoms with Gasteiger partial charge in [-0.15, -0.1) is 0 Å². The standard InChI is InChI=1S/C20H32N4O/c1-22(18-8-3-2-4-9-18)20(25)16-24-13-11-23(12-14-24)15-17-7-5-6-10-19(17)21/h5-7,10,18H,2-4,8-9,11-16,21H2,1H3. The Bertz CT molecular complexity index is 563. The van der Waals surface area contributed by atoms with Crippen LogP contribution in [-0.4, -0.2) is 66.4 Å². The molecule has 3 rings (SSSR count). The largest absolute Gasteiger partial charge is 0.398 e. The van der Waals surface area contributed by atoms with E-state index in [4.69, 9.17) is 5.73 Å². The number of carbonyl (C=O) groups excluding carboxylic acids is 1. The first-order chi connectivity index (χ1) is 12.1. The molecule has 0 atom stereocenters. The first-order valence-electron chi connectivity index (χ1n) is 9.67. The van der Waals surface area contributed by atoms with Crippen LogP contribution >= 0.6 is 0 Å². The van der Waals surface area contributed by atoms with E-state index >= 15 is 0 Å². The van der Waals surface area contributed by atoms with Crippen molar-refractivity contribution >= 4 is 11.6 Å². The molecule has 1 aliphatic carbocycles. The highest BCUT2D eigenvalue weighted by molar-refractivity contribution is 5.78. The van der Waals surface area contributed by atoms with Crippen LogP contribution in [0.4, 0.5) is 5.69 Å². The molecule has 2 fully saturated rings. The molecule has 1 saturated carbocycles. The third-order valence-electron chi connectivity index (χ3n) is 5.79. The van der Waals surface area contributed by atoms with Gasteiger partial charge in [0.1, 0.15) is 0 Å². The van der Waals surface area contributed by atoms with Gasteiger partial charge in [0.25, 0.3) is 0 Å². The van der Waals surface area contributed by atoms with Crippen molar-refractivity contribution in [2.24, 2.45) is 0 Å². The van der Waals surface area contributed by atoms with Gasteiger partial charge in [0, 0.05) is 51.5 Å². The fourth-order valence-corrected chi connectivity index (χ4v) is 4.00. The lowest BCUT2D eigenvalue weighted by Crippen LogP contribution is -2.50. The second-order valence-corrected chi connectivity index (χ2v) is 7.55. The molecule has 25 heavy (non-hydrogen) atoms. The van der Waals surface area contributed by atoms with E-state index in [0.29, 0.717) is 12.6 Å². The number of hydrogen-bond acceptors (Lipinski definition) is 4. The number of piperazine rings is 1. The van der Waals surface area contributed by atoms with Crippen molar-refractivity contribution in [2.45, 2.75) is 44.7 Å². The van der Waals surface area contributed by atoms with Crippen molar-refractivity contribution in [3.63, 3.8) is 0 Å². The van der Waals surface area contributed by atoms with Gasteiger partial charge in [-0.25, -0.2) is 0 Å². The van der Waals surface area contributed by atoms with Crippen LogP contribution in [0.3, 0.4) is 0 Å². The van der Waals surface area contributed by atoms with E-state index in [0.717, 1.165) is 38.4 Å². The molecule has 1 aromatic rings. The number of nitrogen functional groups attached to an aromatic ring is 1. The lowest BCUT2D eigenvalue weighted by Gasteiger charge is -2.37. The number of anilines is 1. The number of benzene rings is 1. The highest BCUT2D eigenvalue weighted by Crippen LogP contribution is 2.22. The van der Waals surface area contributed by atoms with Crippen molar-refractivity contribution in [3.8, 4) is 0 Å². The number of nitrogens with two attached hydrogens (primary N) is 1. The minimum absolute atomic E-state index is 0.285. The zero-order chi connectivity index (χ0) is 17.6. The third kappa shape index (κ3) is 4.95. The Balaban J connectivity index is 1.43. The predicted octanol–water partition coefficient (Wildman–Crippen LogP) is 2.18. The Morgan fingerprint density at radius 3 is 2.40 bits per heavy atom. The van der Waals surface area contributed by atoms with E-state index in [9.17, 15) is 4.79 Å². The zero-order valence-electron chi connectivity index (χ0n) is 15.5. The fourth-order valence-electron chi connectivity index (χ4n) is 4.00. The Morgan fingerprint density at radius 1 is 1.08 bits per heavy atom. The van der Waals surface area contributed by atoms with Gasteiger partial charge in [0.05, 0.1) is 6.54 Å². The Hall–Kier alpha value is -1.59. The molecule has 0 bridgehead atoms. The topological polar surface area (TPSA) is 52.8 Å². The number of hydrogen-bond donors (Lipinski definition) is 1. The van der Waals surface area contributed by atoms with Crippen LogP contribution in [-0.2, 0) is 11.3 Å². The molecule has 2 aliphatic rings. The van der Waals surface area contributed by atoms with Crippen molar-refractivity contribution < 1.29 is 4.79 Å². The minimum atomic E-state index is 0.285. The fraction of sp³-hybridized carbons (Fsp3) is 0.650. The van der Waals surface area contributed by atoms with Gasteiger partial charge in [-0.3, -0.25) is 14.6 Å². The van der Waals surface area contributed by atoms with E-state index in [1.807, 2.05) is 30.1 Å². The molecule has 0 unspecified atom stereocenters. The van der Waals surface area contributed by atoms with E-state index in [1.165, 1.54) is 37.7 Å². The average molecular weight is 345 g/mol. The summed E-state index contributed by atoms with van der Waals surface area (Å²) < 4.78 is 0. The molecule has 1 amide bonds. The summed E-state index contributed by atoms with van der Waals surface area (Å²) >= 11 is 0. The van der Waals surface area contributed by atoms with Crippen LogP contribution < -0.4 is 5.73 Å². The Morgan fingerprint density at radius 2 is 1.72 bits per heavy atom. The minimum Gasteiger partial charge on any atom is -0.398 e. The smallest absolute Gasteiger partial charge is 0.236 e. The highest BCUT2D eigenvalue weighted by atomic mass is 16.2. The van der Waals surface area contributed by atoms with E-state index in [1.54, 1.807) is 0 Å². The van der Waals surface area contributed by atoms with Gasteiger partial charge in [-0.2, -0.15) is 0 Å². The molecule has 1 aromatic carbocycles. The second kappa shape index (κ2) is 8.68. The van der Waals surface area contributed by atoms with Crippen molar-refractivity contribution in [2.75, 3.05) is 45.5 Å². The summed E-state index contributed by atoms with van der Waals surface area (Å²) in [5.41, 5.74) is 8.12. The third-order valence-corrected chi connectivity index (χ3v) is 5.79. The van der Waals surface area contributed by atoms with Crippen LogP contribution in [0.25, 0.3) is 0 Å².